The predicted molar refractivity (Wildman–Crippen MR) is 135 cm³/mol. The molecular formula is C28H41N3O3. The van der Waals surface area contributed by atoms with E-state index in [2.05, 4.69) is 59.4 Å². The summed E-state index contributed by atoms with van der Waals surface area (Å²) in [6.45, 7) is 4.82. The molecule has 0 radical (unpaired) electrons. The monoisotopic (exact) mass is 467 g/mol. The van der Waals surface area contributed by atoms with Gasteiger partial charge < -0.3 is 19.1 Å². The van der Waals surface area contributed by atoms with Crippen LogP contribution >= 0.6 is 0 Å². The highest BCUT2D eigenvalue weighted by molar-refractivity contribution is 5.67. The van der Waals surface area contributed by atoms with E-state index in [0.29, 0.717) is 24.5 Å². The van der Waals surface area contributed by atoms with E-state index in [1.54, 1.807) is 7.11 Å². The molecule has 186 valence electrons. The molecule has 1 aromatic carbocycles. The number of rotatable bonds is 10. The van der Waals surface area contributed by atoms with Crippen LogP contribution in [0, 0.1) is 5.92 Å². The summed E-state index contributed by atoms with van der Waals surface area (Å²) in [4.78, 5) is 2.34. The van der Waals surface area contributed by atoms with E-state index < -0.39 is 0 Å². The zero-order valence-corrected chi connectivity index (χ0v) is 21.2. The van der Waals surface area contributed by atoms with Gasteiger partial charge in [0.25, 0.3) is 0 Å². The van der Waals surface area contributed by atoms with Crippen LogP contribution in [0.25, 0.3) is 11.1 Å². The molecule has 1 aliphatic carbocycles. The fourth-order valence-electron chi connectivity index (χ4n) is 5.19. The predicted octanol–water partition coefficient (Wildman–Crippen LogP) is 5.54. The number of hydrogen-bond acceptors (Lipinski definition) is 6. The van der Waals surface area contributed by atoms with Gasteiger partial charge in [-0.2, -0.15) is 5.10 Å². The zero-order valence-electron chi connectivity index (χ0n) is 21.2. The lowest BCUT2D eigenvalue weighted by molar-refractivity contribution is -0.0173. The van der Waals surface area contributed by atoms with E-state index in [4.69, 9.17) is 14.2 Å². The van der Waals surface area contributed by atoms with Gasteiger partial charge in [0.1, 0.15) is 5.75 Å². The quantitative estimate of drug-likeness (QED) is 0.457. The highest BCUT2D eigenvalue weighted by Crippen LogP contribution is 2.30. The van der Waals surface area contributed by atoms with Crippen molar-refractivity contribution in [2.24, 2.45) is 5.92 Å². The van der Waals surface area contributed by atoms with Crippen LogP contribution in [0.2, 0.25) is 0 Å². The van der Waals surface area contributed by atoms with Gasteiger partial charge >= 0.3 is 0 Å². The van der Waals surface area contributed by atoms with E-state index >= 15 is 0 Å². The van der Waals surface area contributed by atoms with Crippen LogP contribution < -0.4 is 9.47 Å². The summed E-state index contributed by atoms with van der Waals surface area (Å²) < 4.78 is 18.1. The van der Waals surface area contributed by atoms with Gasteiger partial charge in [-0.3, -0.25) is 0 Å². The second-order valence-corrected chi connectivity index (χ2v) is 9.94. The van der Waals surface area contributed by atoms with Gasteiger partial charge in [0.2, 0.25) is 5.88 Å². The van der Waals surface area contributed by atoms with Crippen molar-refractivity contribution < 1.29 is 14.2 Å². The van der Waals surface area contributed by atoms with Crippen LogP contribution in [-0.4, -0.2) is 61.2 Å². The molecule has 2 heterocycles. The second kappa shape index (κ2) is 12.5. The maximum absolute atomic E-state index is 6.23. The van der Waals surface area contributed by atoms with Crippen LogP contribution in [-0.2, 0) is 11.2 Å². The normalized spacial score (nSPS) is 22.0. The first-order valence-electron chi connectivity index (χ1n) is 13.1. The van der Waals surface area contributed by atoms with E-state index in [0.717, 1.165) is 61.3 Å². The van der Waals surface area contributed by atoms with Gasteiger partial charge in [-0.25, -0.2) is 0 Å². The minimum Gasteiger partial charge on any atom is -0.490 e. The average Bonchev–Trinajstić information content (AvgIpc) is 2.87. The first-order valence-corrected chi connectivity index (χ1v) is 13.1. The third-order valence-electron chi connectivity index (χ3n) is 7.25. The third kappa shape index (κ3) is 6.70. The van der Waals surface area contributed by atoms with Crippen LogP contribution in [0.3, 0.4) is 0 Å². The van der Waals surface area contributed by atoms with Crippen molar-refractivity contribution in [3.05, 3.63) is 36.0 Å². The first-order chi connectivity index (χ1) is 16.7. The summed E-state index contributed by atoms with van der Waals surface area (Å²) in [5, 5.41) is 8.99. The van der Waals surface area contributed by atoms with Crippen molar-refractivity contribution in [1.29, 1.82) is 0 Å². The second-order valence-electron chi connectivity index (χ2n) is 9.94. The maximum Gasteiger partial charge on any atom is 0.234 e. The SMILES string of the molecule is CCCCc1nnc(OC[C@@H]2CN(C)CC[C@@H]2OC)cc1-c1ccc(OC2CCCCC2)cc1. The molecule has 6 nitrogen and oxygen atoms in total. The molecule has 1 saturated heterocycles. The van der Waals surface area contributed by atoms with Gasteiger partial charge in [-0.15, -0.1) is 5.10 Å². The van der Waals surface area contributed by atoms with Gasteiger partial charge in [0.05, 0.1) is 24.5 Å². The van der Waals surface area contributed by atoms with Crippen LogP contribution in [0.5, 0.6) is 11.6 Å². The number of likely N-dealkylation sites (tertiary alicyclic amines) is 1. The summed E-state index contributed by atoms with van der Waals surface area (Å²) in [5.74, 6) is 1.86. The Bertz CT molecular complexity index is 883. The number of benzene rings is 1. The fourth-order valence-corrected chi connectivity index (χ4v) is 5.19. The Morgan fingerprint density at radius 3 is 2.56 bits per heavy atom. The lowest BCUT2D eigenvalue weighted by atomic mass is 9.96. The summed E-state index contributed by atoms with van der Waals surface area (Å²) in [6.07, 6.45) is 11.0. The maximum atomic E-state index is 6.23. The lowest BCUT2D eigenvalue weighted by Crippen LogP contribution is -2.44. The number of aromatic nitrogens is 2. The number of hydrogen-bond donors (Lipinski definition) is 0. The number of methoxy groups -OCH3 is 1. The van der Waals surface area contributed by atoms with Crippen molar-refractivity contribution in [2.75, 3.05) is 33.9 Å². The molecule has 0 spiro atoms. The van der Waals surface area contributed by atoms with Crippen molar-refractivity contribution in [1.82, 2.24) is 15.1 Å². The minimum absolute atomic E-state index is 0.226. The molecule has 2 fully saturated rings. The van der Waals surface area contributed by atoms with Crippen molar-refractivity contribution >= 4 is 0 Å². The molecule has 1 saturated carbocycles. The molecule has 4 rings (SSSR count). The van der Waals surface area contributed by atoms with Crippen LogP contribution in [0.4, 0.5) is 0 Å². The van der Waals surface area contributed by atoms with E-state index in [9.17, 15) is 0 Å². The first kappa shape index (κ1) is 24.9. The van der Waals surface area contributed by atoms with Gasteiger partial charge in [-0.1, -0.05) is 31.9 Å². The standard InChI is InChI=1S/C28H41N3O3/c1-4-5-11-26-25(21-12-14-24(15-13-21)34-23-9-7-6-8-10-23)18-28(30-29-26)33-20-22-19-31(2)17-16-27(22)32-3/h12-15,18,22-23,27H,4-11,16-17,19-20H2,1-3H3/t22-,27-/m0/s1. The highest BCUT2D eigenvalue weighted by atomic mass is 16.5. The molecule has 34 heavy (non-hydrogen) atoms. The van der Waals surface area contributed by atoms with E-state index in [-0.39, 0.29) is 6.10 Å². The minimum atomic E-state index is 0.226. The number of nitrogens with zero attached hydrogens (tertiary/aromatic N) is 3. The molecule has 2 aromatic rings. The Morgan fingerprint density at radius 2 is 1.82 bits per heavy atom. The Kier molecular flexibility index (Phi) is 9.17. The van der Waals surface area contributed by atoms with Crippen molar-refractivity contribution in [2.45, 2.75) is 76.9 Å². The largest absolute Gasteiger partial charge is 0.490 e. The molecule has 0 amide bonds. The summed E-state index contributed by atoms with van der Waals surface area (Å²) in [7, 11) is 3.95. The zero-order chi connectivity index (χ0) is 23.8. The molecule has 0 bridgehead atoms. The molecule has 2 aliphatic rings. The van der Waals surface area contributed by atoms with E-state index in [1.807, 2.05) is 0 Å². The van der Waals surface area contributed by atoms with Gasteiger partial charge in [0.15, 0.2) is 0 Å². The lowest BCUT2D eigenvalue weighted by Gasteiger charge is -2.35. The molecule has 0 N–H and O–H groups in total. The van der Waals surface area contributed by atoms with Gasteiger partial charge in [0, 0.05) is 37.7 Å². The fraction of sp³-hybridized carbons (Fsp3) is 0.643. The molecule has 2 atom stereocenters. The van der Waals surface area contributed by atoms with Gasteiger partial charge in [-0.05, 0) is 69.7 Å². The Hall–Kier alpha value is -2.18. The van der Waals surface area contributed by atoms with Crippen molar-refractivity contribution in [3.8, 4) is 22.8 Å². The molecule has 6 heteroatoms. The Balaban J connectivity index is 1.47. The van der Waals surface area contributed by atoms with Crippen LogP contribution in [0.1, 0.15) is 64.0 Å². The smallest absolute Gasteiger partial charge is 0.234 e. The number of ether oxygens (including phenoxy) is 3. The van der Waals surface area contributed by atoms with Crippen LogP contribution in [0.15, 0.2) is 30.3 Å². The summed E-state index contributed by atoms with van der Waals surface area (Å²) in [6, 6.07) is 10.5. The Labute approximate surface area is 205 Å². The molecular weight excluding hydrogens is 426 g/mol. The molecule has 1 aromatic heterocycles. The average molecular weight is 468 g/mol. The topological polar surface area (TPSA) is 56.7 Å². The molecule has 0 unspecified atom stereocenters. The number of unbranched alkanes of at least 4 members (excludes halogenated alkanes) is 1. The Morgan fingerprint density at radius 1 is 1.03 bits per heavy atom. The summed E-state index contributed by atoms with van der Waals surface area (Å²) in [5.41, 5.74) is 3.27. The molecule has 1 aliphatic heterocycles. The van der Waals surface area contributed by atoms with Crippen molar-refractivity contribution in [3.63, 3.8) is 0 Å². The number of piperidine rings is 1. The third-order valence-corrected chi connectivity index (χ3v) is 7.25. The number of aryl methyl sites for hydroxylation is 1. The highest BCUT2D eigenvalue weighted by Gasteiger charge is 2.28. The summed E-state index contributed by atoms with van der Waals surface area (Å²) >= 11 is 0. The van der Waals surface area contributed by atoms with E-state index in [1.165, 1.54) is 32.1 Å².